The van der Waals surface area contributed by atoms with Crippen LogP contribution in [0.3, 0.4) is 0 Å². The third kappa shape index (κ3) is 3.61. The van der Waals surface area contributed by atoms with Crippen LogP contribution in [-0.4, -0.2) is 15.8 Å². The van der Waals surface area contributed by atoms with Crippen LogP contribution in [0.15, 0.2) is 18.2 Å². The van der Waals surface area contributed by atoms with Gasteiger partial charge in [-0.25, -0.2) is 0 Å². The summed E-state index contributed by atoms with van der Waals surface area (Å²) in [7, 11) is 3.48. The quantitative estimate of drug-likeness (QED) is 0.601. The van der Waals surface area contributed by atoms with Gasteiger partial charge in [0.1, 0.15) is 11.4 Å². The maximum Gasteiger partial charge on any atom is 0.133 e. The fourth-order valence-electron chi connectivity index (χ4n) is 1.07. The molecule has 0 N–H and O–H groups in total. The summed E-state index contributed by atoms with van der Waals surface area (Å²) in [6, 6.07) is 7.12. The Morgan fingerprint density at radius 1 is 1.36 bits per heavy atom. The Balaban J connectivity index is 2.89. The van der Waals surface area contributed by atoms with Gasteiger partial charge in [-0.1, -0.05) is 11.6 Å². The minimum atomic E-state index is -0.130. The molecule has 0 bridgehead atoms. The molecule has 0 saturated heterocycles. The Bertz CT molecular complexity index is 318. The lowest BCUT2D eigenvalue weighted by Crippen LogP contribution is -2.23. The molecule has 0 aliphatic rings. The van der Waals surface area contributed by atoms with Crippen molar-refractivity contribution in [3.8, 4) is 5.75 Å². The van der Waals surface area contributed by atoms with E-state index in [1.807, 2.05) is 6.07 Å². The fourth-order valence-corrected chi connectivity index (χ4v) is 1.98. The van der Waals surface area contributed by atoms with Gasteiger partial charge < -0.3 is 4.74 Å². The molecule has 3 radical (unpaired) electrons. The molecule has 0 fully saturated rings. The molecular formula is C11H14IOSi. The first-order chi connectivity index (χ1) is 6.42. The smallest absolute Gasteiger partial charge is 0.133 e. The highest BCUT2D eigenvalue weighted by molar-refractivity contribution is 14.1. The van der Waals surface area contributed by atoms with Crippen molar-refractivity contribution in [2.75, 3.05) is 0 Å². The summed E-state index contributed by atoms with van der Waals surface area (Å²) in [5.74, 6) is 0.960. The highest BCUT2D eigenvalue weighted by Gasteiger charge is 2.13. The van der Waals surface area contributed by atoms with Crippen LogP contribution in [0, 0.1) is 3.57 Å². The van der Waals surface area contributed by atoms with E-state index in [-0.39, 0.29) is 5.60 Å². The SMILES string of the molecule is CC(C)(C)Oc1ccc(C[Si])cc1I. The molecule has 1 rings (SSSR count). The molecule has 0 amide bonds. The summed E-state index contributed by atoms with van der Waals surface area (Å²) >= 11 is 2.30. The second-order valence-corrected chi connectivity index (χ2v) is 5.67. The summed E-state index contributed by atoms with van der Waals surface area (Å²) < 4.78 is 6.97. The number of benzene rings is 1. The van der Waals surface area contributed by atoms with Gasteiger partial charge in [0.25, 0.3) is 0 Å². The Morgan fingerprint density at radius 2 is 2.00 bits per heavy atom. The monoisotopic (exact) mass is 317 g/mol. The second kappa shape index (κ2) is 4.66. The van der Waals surface area contributed by atoms with Gasteiger partial charge >= 0.3 is 0 Å². The zero-order valence-corrected chi connectivity index (χ0v) is 11.9. The minimum Gasteiger partial charge on any atom is -0.487 e. The zero-order chi connectivity index (χ0) is 10.8. The number of ether oxygens (including phenoxy) is 1. The van der Waals surface area contributed by atoms with Crippen molar-refractivity contribution in [1.82, 2.24) is 0 Å². The lowest BCUT2D eigenvalue weighted by Gasteiger charge is -2.22. The van der Waals surface area contributed by atoms with Crippen molar-refractivity contribution in [2.45, 2.75) is 32.4 Å². The van der Waals surface area contributed by atoms with E-state index >= 15 is 0 Å². The molecule has 14 heavy (non-hydrogen) atoms. The van der Waals surface area contributed by atoms with E-state index in [9.17, 15) is 0 Å². The third-order valence-corrected chi connectivity index (χ3v) is 2.87. The number of rotatable bonds is 2. The minimum absolute atomic E-state index is 0.130. The first-order valence-corrected chi connectivity index (χ1v) is 6.33. The van der Waals surface area contributed by atoms with Gasteiger partial charge in [0, 0.05) is 10.2 Å². The molecule has 75 valence electrons. The highest BCUT2D eigenvalue weighted by Crippen LogP contribution is 2.25. The van der Waals surface area contributed by atoms with Gasteiger partial charge in [-0.2, -0.15) is 0 Å². The van der Waals surface area contributed by atoms with Gasteiger partial charge in [0.15, 0.2) is 0 Å². The van der Waals surface area contributed by atoms with Gasteiger partial charge in [-0.3, -0.25) is 0 Å². The molecule has 1 aromatic rings. The van der Waals surface area contributed by atoms with Crippen LogP contribution in [-0.2, 0) is 6.04 Å². The number of halogens is 1. The van der Waals surface area contributed by atoms with Crippen LogP contribution in [0.25, 0.3) is 0 Å². The summed E-state index contributed by atoms with van der Waals surface area (Å²) in [5, 5.41) is 0. The average Bonchev–Trinajstić information content (AvgIpc) is 2.06. The van der Waals surface area contributed by atoms with E-state index < -0.39 is 0 Å². The zero-order valence-electron chi connectivity index (χ0n) is 8.73. The summed E-state index contributed by atoms with van der Waals surface area (Å²) in [6.07, 6.45) is 0. The highest BCUT2D eigenvalue weighted by atomic mass is 127. The van der Waals surface area contributed by atoms with E-state index in [0.29, 0.717) is 0 Å². The molecule has 0 heterocycles. The Morgan fingerprint density at radius 3 is 2.43 bits per heavy atom. The summed E-state index contributed by atoms with van der Waals surface area (Å²) in [6.45, 7) is 6.17. The molecule has 0 aromatic heterocycles. The topological polar surface area (TPSA) is 9.23 Å². The largest absolute Gasteiger partial charge is 0.487 e. The van der Waals surface area contributed by atoms with Gasteiger partial charge in [0.05, 0.1) is 3.57 Å². The summed E-state index contributed by atoms with van der Waals surface area (Å²) in [5.41, 5.74) is 1.14. The van der Waals surface area contributed by atoms with Crippen molar-refractivity contribution in [2.24, 2.45) is 0 Å². The molecule has 0 atom stereocenters. The van der Waals surface area contributed by atoms with Crippen LogP contribution in [0.1, 0.15) is 26.3 Å². The Kier molecular flexibility index (Phi) is 4.01. The van der Waals surface area contributed by atoms with Crippen LogP contribution >= 0.6 is 22.6 Å². The van der Waals surface area contributed by atoms with E-state index in [0.717, 1.165) is 15.4 Å². The van der Waals surface area contributed by atoms with Gasteiger partial charge in [-0.05, 0) is 61.5 Å². The number of hydrogen-bond donors (Lipinski definition) is 0. The van der Waals surface area contributed by atoms with Crippen LogP contribution < -0.4 is 4.74 Å². The maximum absolute atomic E-state index is 5.81. The molecule has 0 aliphatic heterocycles. The van der Waals surface area contributed by atoms with E-state index in [1.165, 1.54) is 5.56 Å². The first-order valence-electron chi connectivity index (χ1n) is 4.54. The van der Waals surface area contributed by atoms with E-state index in [4.69, 9.17) is 4.74 Å². The lowest BCUT2D eigenvalue weighted by molar-refractivity contribution is 0.129. The van der Waals surface area contributed by atoms with Crippen molar-refractivity contribution < 1.29 is 4.74 Å². The van der Waals surface area contributed by atoms with Crippen molar-refractivity contribution in [3.63, 3.8) is 0 Å². The molecule has 3 heteroatoms. The molecule has 1 aromatic carbocycles. The predicted octanol–water partition coefficient (Wildman–Crippen LogP) is 3.14. The van der Waals surface area contributed by atoms with E-state index in [1.54, 1.807) is 0 Å². The molecule has 0 spiro atoms. The maximum atomic E-state index is 5.81. The van der Waals surface area contributed by atoms with Crippen molar-refractivity contribution >= 4 is 32.8 Å². The summed E-state index contributed by atoms with van der Waals surface area (Å²) in [4.78, 5) is 0. The Labute approximate surface area is 103 Å². The Hall–Kier alpha value is -0.0331. The van der Waals surface area contributed by atoms with Crippen LogP contribution in [0.5, 0.6) is 5.75 Å². The third-order valence-electron chi connectivity index (χ3n) is 1.62. The van der Waals surface area contributed by atoms with Gasteiger partial charge in [0.2, 0.25) is 0 Å². The van der Waals surface area contributed by atoms with Crippen molar-refractivity contribution in [1.29, 1.82) is 0 Å². The normalized spacial score (nSPS) is 11.5. The lowest BCUT2D eigenvalue weighted by atomic mass is 10.2. The average molecular weight is 317 g/mol. The van der Waals surface area contributed by atoms with Crippen LogP contribution in [0.2, 0.25) is 0 Å². The number of hydrogen-bond acceptors (Lipinski definition) is 1. The van der Waals surface area contributed by atoms with Crippen molar-refractivity contribution in [3.05, 3.63) is 27.3 Å². The van der Waals surface area contributed by atoms with Crippen LogP contribution in [0.4, 0.5) is 0 Å². The second-order valence-electron chi connectivity index (χ2n) is 4.16. The predicted molar refractivity (Wildman–Crippen MR) is 69.0 cm³/mol. The fraction of sp³-hybridized carbons (Fsp3) is 0.455. The first kappa shape index (κ1) is 12.0. The molecule has 0 unspecified atom stereocenters. The standard InChI is InChI=1S/C11H14IOSi/c1-11(2,3)13-10-5-4-8(7-14)6-9(10)12/h4-6H,7H2,1-3H3. The molecule has 1 nitrogen and oxygen atoms in total. The molecule has 0 saturated carbocycles. The molecular weight excluding hydrogens is 303 g/mol. The van der Waals surface area contributed by atoms with Gasteiger partial charge in [-0.15, -0.1) is 0 Å². The van der Waals surface area contributed by atoms with E-state index in [2.05, 4.69) is 65.7 Å². The molecule has 0 aliphatic carbocycles.